The molecular formula is C18H34O8. The minimum Gasteiger partial charge on any atom is -0.247 e. The van der Waals surface area contributed by atoms with Crippen LogP contribution in [0.4, 0.5) is 0 Å². The van der Waals surface area contributed by atoms with Crippen LogP contribution in [0.2, 0.25) is 0 Å². The van der Waals surface area contributed by atoms with Crippen molar-refractivity contribution >= 4 is 11.9 Å². The first kappa shape index (κ1) is 24.8. The first-order valence-electron chi connectivity index (χ1n) is 8.51. The Morgan fingerprint density at radius 3 is 1.08 bits per heavy atom. The van der Waals surface area contributed by atoms with Gasteiger partial charge in [-0.05, 0) is 69.2 Å². The summed E-state index contributed by atoms with van der Waals surface area (Å²) >= 11 is 0. The van der Waals surface area contributed by atoms with E-state index < -0.39 is 34.0 Å². The zero-order chi connectivity index (χ0) is 20.8. The Hall–Kier alpha value is -1.22. The lowest BCUT2D eigenvalue weighted by atomic mass is 9.95. The molecule has 0 heterocycles. The molecule has 0 unspecified atom stereocenters. The van der Waals surface area contributed by atoms with Crippen molar-refractivity contribution in [2.75, 3.05) is 13.2 Å². The Morgan fingerprint density at radius 1 is 0.577 bits per heavy atom. The van der Waals surface area contributed by atoms with E-state index in [1.54, 1.807) is 27.7 Å². The van der Waals surface area contributed by atoms with Gasteiger partial charge in [-0.1, -0.05) is 0 Å². The summed E-state index contributed by atoms with van der Waals surface area (Å²) in [4.78, 5) is 53.9. The van der Waals surface area contributed by atoms with Crippen LogP contribution in [-0.4, -0.2) is 36.4 Å². The lowest BCUT2D eigenvalue weighted by Crippen LogP contribution is -2.37. The van der Waals surface area contributed by atoms with E-state index >= 15 is 0 Å². The zero-order valence-corrected chi connectivity index (χ0v) is 17.7. The standard InChI is InChI=1S/C18H34O8/c1-15(2,3)25-21-11-17(7,8)13(19)23-24-14(20)18(9,10)12-22-26-16(4,5)6/h11-12H2,1-10H3. The normalized spacial score (nSPS) is 13.5. The number of hydrogen-bond acceptors (Lipinski definition) is 8. The van der Waals surface area contributed by atoms with Gasteiger partial charge in [0, 0.05) is 0 Å². The first-order chi connectivity index (χ1) is 11.5. The summed E-state index contributed by atoms with van der Waals surface area (Å²) in [6, 6.07) is 0. The number of hydrogen-bond donors (Lipinski definition) is 0. The van der Waals surface area contributed by atoms with Gasteiger partial charge in [0.15, 0.2) is 0 Å². The maximum absolute atomic E-state index is 12.1. The van der Waals surface area contributed by atoms with Crippen LogP contribution in [0, 0.1) is 10.8 Å². The van der Waals surface area contributed by atoms with E-state index in [9.17, 15) is 9.59 Å². The highest BCUT2D eigenvalue weighted by Crippen LogP contribution is 2.23. The fourth-order valence-corrected chi connectivity index (χ4v) is 1.13. The second-order valence-corrected chi connectivity index (χ2v) is 9.43. The molecule has 8 nitrogen and oxygen atoms in total. The van der Waals surface area contributed by atoms with Crippen molar-refractivity contribution in [3.63, 3.8) is 0 Å². The van der Waals surface area contributed by atoms with Crippen LogP contribution in [0.3, 0.4) is 0 Å². The largest absolute Gasteiger partial charge is 0.363 e. The summed E-state index contributed by atoms with van der Waals surface area (Å²) in [7, 11) is 0. The molecule has 0 saturated carbocycles. The minimum atomic E-state index is -1.07. The van der Waals surface area contributed by atoms with Gasteiger partial charge in [-0.15, -0.1) is 0 Å². The average molecular weight is 378 g/mol. The molecule has 0 aliphatic heterocycles. The molecule has 154 valence electrons. The monoisotopic (exact) mass is 378 g/mol. The molecule has 0 aromatic heterocycles. The fraction of sp³-hybridized carbons (Fsp3) is 0.889. The van der Waals surface area contributed by atoms with Crippen LogP contribution in [0.25, 0.3) is 0 Å². The molecule has 0 bridgehead atoms. The van der Waals surface area contributed by atoms with Gasteiger partial charge in [0.25, 0.3) is 0 Å². The maximum Gasteiger partial charge on any atom is 0.363 e. The highest BCUT2D eigenvalue weighted by Gasteiger charge is 2.37. The molecule has 0 atom stereocenters. The Balaban J connectivity index is 4.43. The molecule has 0 fully saturated rings. The van der Waals surface area contributed by atoms with Crippen LogP contribution in [0.1, 0.15) is 69.2 Å². The molecule has 0 aliphatic rings. The SMILES string of the molecule is CC(C)(C)OOCC(C)(C)C(=O)OOC(=O)C(C)(C)COOC(C)(C)C. The van der Waals surface area contributed by atoms with E-state index in [2.05, 4.69) is 9.78 Å². The molecule has 0 aliphatic carbocycles. The van der Waals surface area contributed by atoms with E-state index in [4.69, 9.17) is 19.6 Å². The van der Waals surface area contributed by atoms with Crippen LogP contribution >= 0.6 is 0 Å². The van der Waals surface area contributed by atoms with Crippen molar-refractivity contribution < 1.29 is 38.9 Å². The molecular weight excluding hydrogens is 344 g/mol. The summed E-state index contributed by atoms with van der Waals surface area (Å²) in [6.45, 7) is 17.1. The number of carbonyl (C=O) groups excluding carboxylic acids is 2. The summed E-state index contributed by atoms with van der Waals surface area (Å²) in [5.41, 5.74) is -3.15. The maximum atomic E-state index is 12.1. The molecule has 0 saturated heterocycles. The summed E-state index contributed by atoms with van der Waals surface area (Å²) in [5, 5.41) is 0. The van der Waals surface area contributed by atoms with Gasteiger partial charge in [0.1, 0.15) is 0 Å². The highest BCUT2D eigenvalue weighted by atomic mass is 17.2. The van der Waals surface area contributed by atoms with Crippen molar-refractivity contribution in [1.29, 1.82) is 0 Å². The van der Waals surface area contributed by atoms with Gasteiger partial charge in [0.05, 0.1) is 35.2 Å². The zero-order valence-electron chi connectivity index (χ0n) is 17.7. The Bertz CT molecular complexity index is 425. The van der Waals surface area contributed by atoms with Gasteiger partial charge in [-0.2, -0.15) is 0 Å². The quantitative estimate of drug-likeness (QED) is 0.468. The van der Waals surface area contributed by atoms with Crippen LogP contribution < -0.4 is 0 Å². The van der Waals surface area contributed by atoms with Gasteiger partial charge in [-0.3, -0.25) is 0 Å². The van der Waals surface area contributed by atoms with Crippen molar-refractivity contribution in [3.05, 3.63) is 0 Å². The second-order valence-electron chi connectivity index (χ2n) is 9.43. The van der Waals surface area contributed by atoms with Gasteiger partial charge in [0.2, 0.25) is 0 Å². The molecule has 0 amide bonds. The molecule has 0 radical (unpaired) electrons. The third-order valence-corrected chi connectivity index (χ3v) is 2.76. The van der Waals surface area contributed by atoms with E-state index in [1.165, 1.54) is 0 Å². The Morgan fingerprint density at radius 2 is 0.846 bits per heavy atom. The van der Waals surface area contributed by atoms with E-state index in [-0.39, 0.29) is 13.2 Å². The molecule has 0 rings (SSSR count). The van der Waals surface area contributed by atoms with Gasteiger partial charge >= 0.3 is 11.9 Å². The smallest absolute Gasteiger partial charge is 0.247 e. The van der Waals surface area contributed by atoms with E-state index in [0.29, 0.717) is 0 Å². The first-order valence-corrected chi connectivity index (χ1v) is 8.51. The molecule has 0 aromatic rings. The number of carbonyl (C=O) groups is 2. The third-order valence-electron chi connectivity index (χ3n) is 2.76. The van der Waals surface area contributed by atoms with Crippen LogP contribution in [-0.2, 0) is 38.9 Å². The van der Waals surface area contributed by atoms with E-state index in [1.807, 2.05) is 41.5 Å². The summed E-state index contributed by atoms with van der Waals surface area (Å²) in [5.74, 6) is -1.52. The molecule has 0 N–H and O–H groups in total. The van der Waals surface area contributed by atoms with Crippen molar-refractivity contribution in [2.24, 2.45) is 10.8 Å². The van der Waals surface area contributed by atoms with Crippen molar-refractivity contribution in [3.8, 4) is 0 Å². The predicted molar refractivity (Wildman–Crippen MR) is 93.3 cm³/mol. The van der Waals surface area contributed by atoms with Crippen LogP contribution in [0.15, 0.2) is 0 Å². The Labute approximate surface area is 156 Å². The van der Waals surface area contributed by atoms with Gasteiger partial charge in [-0.25, -0.2) is 38.9 Å². The molecule has 8 heteroatoms. The summed E-state index contributed by atoms with van der Waals surface area (Å²) < 4.78 is 0. The number of rotatable bonds is 8. The summed E-state index contributed by atoms with van der Waals surface area (Å²) in [6.07, 6.45) is 0. The topological polar surface area (TPSA) is 89.5 Å². The fourth-order valence-electron chi connectivity index (χ4n) is 1.13. The van der Waals surface area contributed by atoms with Crippen molar-refractivity contribution in [1.82, 2.24) is 0 Å². The lowest BCUT2D eigenvalue weighted by Gasteiger charge is -2.25. The minimum absolute atomic E-state index is 0.0629. The van der Waals surface area contributed by atoms with Crippen LogP contribution in [0.5, 0.6) is 0 Å². The molecule has 0 aromatic carbocycles. The second kappa shape index (κ2) is 9.12. The average Bonchev–Trinajstić information content (AvgIpc) is 2.40. The molecule has 0 spiro atoms. The highest BCUT2D eigenvalue weighted by molar-refractivity contribution is 5.79. The lowest BCUT2D eigenvalue weighted by molar-refractivity contribution is -0.362. The predicted octanol–water partition coefficient (Wildman–Crippen LogP) is 3.53. The van der Waals surface area contributed by atoms with Crippen molar-refractivity contribution in [2.45, 2.75) is 80.4 Å². The van der Waals surface area contributed by atoms with Gasteiger partial charge < -0.3 is 0 Å². The van der Waals surface area contributed by atoms with E-state index in [0.717, 1.165) is 0 Å². The molecule has 26 heavy (non-hydrogen) atoms. The third kappa shape index (κ3) is 10.7. The Kier molecular flexibility index (Phi) is 8.69.